The van der Waals surface area contributed by atoms with Crippen molar-refractivity contribution < 1.29 is 19.0 Å². The maximum absolute atomic E-state index is 11.4. The number of anilines is 1. The predicted molar refractivity (Wildman–Crippen MR) is 92.6 cm³/mol. The highest BCUT2D eigenvalue weighted by Gasteiger charge is 2.14. The molecule has 1 aromatic heterocycles. The van der Waals surface area contributed by atoms with Gasteiger partial charge in [0.25, 0.3) is 0 Å². The monoisotopic (exact) mass is 339 g/mol. The van der Waals surface area contributed by atoms with Crippen molar-refractivity contribution in [3.63, 3.8) is 0 Å². The van der Waals surface area contributed by atoms with Crippen LogP contribution in [0.3, 0.4) is 0 Å². The van der Waals surface area contributed by atoms with E-state index in [1.807, 2.05) is 0 Å². The van der Waals surface area contributed by atoms with Crippen LogP contribution in [-0.2, 0) is 9.53 Å². The molecule has 0 saturated carbocycles. The lowest BCUT2D eigenvalue weighted by molar-refractivity contribution is -0.147. The lowest BCUT2D eigenvalue weighted by atomic mass is 10.3. The first-order valence-corrected chi connectivity index (χ1v) is 7.60. The van der Waals surface area contributed by atoms with Crippen LogP contribution in [-0.4, -0.2) is 29.2 Å². The Kier molecular flexibility index (Phi) is 4.65. The Morgan fingerprint density at radius 1 is 1.08 bits per heavy atom. The summed E-state index contributed by atoms with van der Waals surface area (Å²) in [5.74, 6) is 1.01. The fourth-order valence-corrected chi connectivity index (χ4v) is 2.19. The molecule has 0 amide bonds. The second-order valence-electron chi connectivity index (χ2n) is 5.31. The van der Waals surface area contributed by atoms with E-state index in [2.05, 4.69) is 14.7 Å². The van der Waals surface area contributed by atoms with Gasteiger partial charge in [-0.05, 0) is 49.4 Å². The van der Waals surface area contributed by atoms with Crippen LogP contribution in [0, 0.1) is 0 Å². The first-order chi connectivity index (χ1) is 12.0. The summed E-state index contributed by atoms with van der Waals surface area (Å²) < 4.78 is 15.8. The molecular formula is C18H17N3O4. The molecule has 0 bridgehead atoms. The number of aromatic nitrogens is 2. The van der Waals surface area contributed by atoms with Gasteiger partial charge in [0.05, 0.1) is 24.3 Å². The lowest BCUT2D eigenvalue weighted by Crippen LogP contribution is -2.24. The van der Waals surface area contributed by atoms with Crippen molar-refractivity contribution in [1.82, 2.24) is 9.97 Å². The normalized spacial score (nSPS) is 11.8. The third kappa shape index (κ3) is 3.95. The first kappa shape index (κ1) is 16.5. The minimum Gasteiger partial charge on any atom is -0.479 e. The van der Waals surface area contributed by atoms with E-state index in [0.717, 1.165) is 5.52 Å². The minimum absolute atomic E-state index is 0.356. The Labute approximate surface area is 144 Å². The molecule has 7 heteroatoms. The van der Waals surface area contributed by atoms with Crippen LogP contribution in [0.15, 0.2) is 48.7 Å². The van der Waals surface area contributed by atoms with Gasteiger partial charge in [-0.15, -0.1) is 0 Å². The molecule has 0 fully saturated rings. The lowest BCUT2D eigenvalue weighted by Gasteiger charge is -2.12. The summed E-state index contributed by atoms with van der Waals surface area (Å²) in [6.45, 7) is 1.62. The molecule has 2 aromatic carbocycles. The zero-order valence-corrected chi connectivity index (χ0v) is 13.8. The van der Waals surface area contributed by atoms with E-state index in [-0.39, 0.29) is 0 Å². The average molecular weight is 339 g/mol. The summed E-state index contributed by atoms with van der Waals surface area (Å²) in [4.78, 5) is 20.0. The van der Waals surface area contributed by atoms with Gasteiger partial charge in [0.2, 0.25) is 5.88 Å². The molecule has 3 aromatic rings. The molecule has 0 aliphatic rings. The summed E-state index contributed by atoms with van der Waals surface area (Å²) in [5.41, 5.74) is 7.76. The second kappa shape index (κ2) is 7.04. The number of carbonyl (C=O) groups excluding carboxylic acids is 1. The smallest absolute Gasteiger partial charge is 0.346 e. The zero-order chi connectivity index (χ0) is 17.8. The quantitative estimate of drug-likeness (QED) is 0.564. The van der Waals surface area contributed by atoms with E-state index in [0.29, 0.717) is 28.6 Å². The van der Waals surface area contributed by atoms with Gasteiger partial charge in [-0.2, -0.15) is 0 Å². The molecule has 7 nitrogen and oxygen atoms in total. The summed E-state index contributed by atoms with van der Waals surface area (Å²) in [7, 11) is 1.32. The highest BCUT2D eigenvalue weighted by atomic mass is 16.6. The first-order valence-electron chi connectivity index (χ1n) is 7.60. The van der Waals surface area contributed by atoms with Gasteiger partial charge in [-0.25, -0.2) is 14.8 Å². The molecule has 1 unspecified atom stereocenters. The van der Waals surface area contributed by atoms with Gasteiger partial charge >= 0.3 is 5.97 Å². The van der Waals surface area contributed by atoms with Crippen molar-refractivity contribution in [1.29, 1.82) is 0 Å². The maximum Gasteiger partial charge on any atom is 0.346 e. The van der Waals surface area contributed by atoms with E-state index in [9.17, 15) is 4.79 Å². The molecule has 0 radical (unpaired) electrons. The molecule has 0 saturated heterocycles. The standard InChI is InChI=1S/C18H17N3O4/c1-11(18(22)23-2)24-13-4-6-14(7-5-13)25-17-10-20-15-8-3-12(19)9-16(15)21-17/h3-11H,19H2,1-2H3. The highest BCUT2D eigenvalue weighted by molar-refractivity contribution is 5.78. The number of hydrogen-bond acceptors (Lipinski definition) is 7. The molecular weight excluding hydrogens is 322 g/mol. The third-order valence-electron chi connectivity index (χ3n) is 3.44. The number of benzene rings is 2. The van der Waals surface area contributed by atoms with Crippen molar-refractivity contribution in [2.24, 2.45) is 0 Å². The fraction of sp³-hybridized carbons (Fsp3) is 0.167. The van der Waals surface area contributed by atoms with Crippen molar-refractivity contribution in [2.75, 3.05) is 12.8 Å². The van der Waals surface area contributed by atoms with Crippen LogP contribution in [0.1, 0.15) is 6.92 Å². The van der Waals surface area contributed by atoms with Gasteiger partial charge in [0.15, 0.2) is 6.10 Å². The largest absolute Gasteiger partial charge is 0.479 e. The number of methoxy groups -OCH3 is 1. The van der Waals surface area contributed by atoms with Gasteiger partial charge in [-0.1, -0.05) is 0 Å². The summed E-state index contributed by atoms with van der Waals surface area (Å²) in [5, 5.41) is 0. The summed E-state index contributed by atoms with van der Waals surface area (Å²) in [6, 6.07) is 12.1. The van der Waals surface area contributed by atoms with Gasteiger partial charge in [0, 0.05) is 5.69 Å². The molecule has 3 rings (SSSR count). The van der Waals surface area contributed by atoms with E-state index < -0.39 is 12.1 Å². The number of hydrogen-bond donors (Lipinski definition) is 1. The van der Waals surface area contributed by atoms with Crippen LogP contribution >= 0.6 is 0 Å². The molecule has 25 heavy (non-hydrogen) atoms. The second-order valence-corrected chi connectivity index (χ2v) is 5.31. The Bertz CT molecular complexity index is 896. The minimum atomic E-state index is -0.686. The SMILES string of the molecule is COC(=O)C(C)Oc1ccc(Oc2cnc3ccc(N)cc3n2)cc1. The maximum atomic E-state index is 11.4. The van der Waals surface area contributed by atoms with Crippen LogP contribution in [0.5, 0.6) is 17.4 Å². The third-order valence-corrected chi connectivity index (χ3v) is 3.44. The van der Waals surface area contributed by atoms with Crippen LogP contribution < -0.4 is 15.2 Å². The van der Waals surface area contributed by atoms with Gasteiger partial charge in [-0.3, -0.25) is 0 Å². The van der Waals surface area contributed by atoms with E-state index in [1.165, 1.54) is 7.11 Å². The van der Waals surface area contributed by atoms with Gasteiger partial charge in [0.1, 0.15) is 11.5 Å². The predicted octanol–water partition coefficient (Wildman–Crippen LogP) is 2.94. The van der Waals surface area contributed by atoms with Crippen LogP contribution in [0.2, 0.25) is 0 Å². The van der Waals surface area contributed by atoms with Crippen molar-refractivity contribution >= 4 is 22.7 Å². The van der Waals surface area contributed by atoms with E-state index in [4.69, 9.17) is 15.2 Å². The number of nitrogens with zero attached hydrogens (tertiary/aromatic N) is 2. The summed E-state index contributed by atoms with van der Waals surface area (Å²) in [6.07, 6.45) is 0.857. The molecule has 128 valence electrons. The average Bonchev–Trinajstić information content (AvgIpc) is 2.62. The number of esters is 1. The number of fused-ring (bicyclic) bond motifs is 1. The molecule has 1 atom stereocenters. The van der Waals surface area contributed by atoms with Crippen LogP contribution in [0.4, 0.5) is 5.69 Å². The Morgan fingerprint density at radius 2 is 1.80 bits per heavy atom. The van der Waals surface area contributed by atoms with E-state index >= 15 is 0 Å². The molecule has 1 heterocycles. The van der Waals surface area contributed by atoms with Crippen molar-refractivity contribution in [3.8, 4) is 17.4 Å². The van der Waals surface area contributed by atoms with Crippen molar-refractivity contribution in [2.45, 2.75) is 13.0 Å². The fourth-order valence-electron chi connectivity index (χ4n) is 2.19. The Balaban J connectivity index is 1.72. The topological polar surface area (TPSA) is 96.6 Å². The number of carbonyl (C=O) groups is 1. The van der Waals surface area contributed by atoms with Gasteiger partial charge < -0.3 is 19.9 Å². The molecule has 0 spiro atoms. The number of nitrogens with two attached hydrogens (primary N) is 1. The molecule has 2 N–H and O–H groups in total. The molecule has 0 aliphatic heterocycles. The van der Waals surface area contributed by atoms with Crippen LogP contribution in [0.25, 0.3) is 11.0 Å². The Hall–Kier alpha value is -3.35. The number of rotatable bonds is 5. The molecule has 0 aliphatic carbocycles. The zero-order valence-electron chi connectivity index (χ0n) is 13.8. The Morgan fingerprint density at radius 3 is 2.52 bits per heavy atom. The number of nitrogen functional groups attached to an aromatic ring is 1. The van der Waals surface area contributed by atoms with Crippen molar-refractivity contribution in [3.05, 3.63) is 48.7 Å². The highest BCUT2D eigenvalue weighted by Crippen LogP contribution is 2.24. The van der Waals surface area contributed by atoms with E-state index in [1.54, 1.807) is 55.6 Å². The number of ether oxygens (including phenoxy) is 3. The summed E-state index contributed by atoms with van der Waals surface area (Å²) >= 11 is 0.